The standard InChI is InChI=1S/C24H27N3O5S2/c1-17-8-9-19(34(29,30)26-10-13-31-14-11-26)15-20(17)23(28)27(16-18-5-4-12-32-18)24-25-21-6-2-3-7-22(21)33-24/h2-3,6-9,15,18H,4-5,10-14,16H2,1H3. The monoisotopic (exact) mass is 501 g/mol. The van der Waals surface area contributed by atoms with Gasteiger partial charge in [-0.25, -0.2) is 13.4 Å². The SMILES string of the molecule is Cc1ccc(S(=O)(=O)N2CCOCC2)cc1C(=O)N(CC1CCCO1)c1nc2ccccc2s1. The first-order chi connectivity index (χ1) is 16.4. The number of hydrogen-bond donors (Lipinski definition) is 0. The highest BCUT2D eigenvalue weighted by Gasteiger charge is 2.31. The number of nitrogens with zero attached hydrogens (tertiary/aromatic N) is 3. The van der Waals surface area contributed by atoms with Crippen molar-refractivity contribution in [3.05, 3.63) is 53.6 Å². The third-order valence-electron chi connectivity index (χ3n) is 6.22. The van der Waals surface area contributed by atoms with E-state index in [4.69, 9.17) is 14.5 Å². The molecule has 2 aromatic carbocycles. The molecule has 1 unspecified atom stereocenters. The Kier molecular flexibility index (Phi) is 6.67. The lowest BCUT2D eigenvalue weighted by molar-refractivity contribution is 0.0730. The van der Waals surface area contributed by atoms with Gasteiger partial charge in [0.2, 0.25) is 10.0 Å². The summed E-state index contributed by atoms with van der Waals surface area (Å²) in [6, 6.07) is 12.5. The summed E-state index contributed by atoms with van der Waals surface area (Å²) < 4.78 is 40.0. The Morgan fingerprint density at radius 3 is 2.71 bits per heavy atom. The van der Waals surface area contributed by atoms with E-state index in [1.165, 1.54) is 21.7 Å². The van der Waals surface area contributed by atoms with Crippen LogP contribution in [-0.4, -0.2) is 69.2 Å². The molecule has 2 aliphatic heterocycles. The molecule has 0 spiro atoms. The van der Waals surface area contributed by atoms with Crippen LogP contribution in [-0.2, 0) is 19.5 Å². The molecular formula is C24H27N3O5S2. The zero-order valence-corrected chi connectivity index (χ0v) is 20.6. The van der Waals surface area contributed by atoms with E-state index < -0.39 is 10.0 Å². The molecule has 180 valence electrons. The maximum Gasteiger partial charge on any atom is 0.260 e. The lowest BCUT2D eigenvalue weighted by atomic mass is 10.1. The van der Waals surface area contributed by atoms with E-state index in [0.717, 1.165) is 23.1 Å². The van der Waals surface area contributed by atoms with Gasteiger partial charge in [0.15, 0.2) is 5.13 Å². The first-order valence-electron chi connectivity index (χ1n) is 11.4. The molecular weight excluding hydrogens is 474 g/mol. The van der Waals surface area contributed by atoms with Gasteiger partial charge in [-0.3, -0.25) is 9.69 Å². The molecule has 5 rings (SSSR count). The van der Waals surface area contributed by atoms with Gasteiger partial charge in [0.25, 0.3) is 5.91 Å². The zero-order chi connectivity index (χ0) is 23.7. The number of anilines is 1. The van der Waals surface area contributed by atoms with Crippen molar-refractivity contribution in [2.45, 2.75) is 30.8 Å². The zero-order valence-electron chi connectivity index (χ0n) is 19.0. The number of para-hydroxylation sites is 1. The van der Waals surface area contributed by atoms with Crippen LogP contribution in [0.4, 0.5) is 5.13 Å². The molecule has 0 saturated carbocycles. The fourth-order valence-corrected chi connectivity index (χ4v) is 6.70. The first-order valence-corrected chi connectivity index (χ1v) is 13.7. The van der Waals surface area contributed by atoms with Gasteiger partial charge in [-0.05, 0) is 49.6 Å². The van der Waals surface area contributed by atoms with E-state index in [-0.39, 0.29) is 16.9 Å². The molecule has 2 fully saturated rings. The van der Waals surface area contributed by atoms with Gasteiger partial charge in [-0.15, -0.1) is 0 Å². The number of hydrogen-bond acceptors (Lipinski definition) is 7. The number of benzene rings is 2. The predicted octanol–water partition coefficient (Wildman–Crippen LogP) is 3.45. The molecule has 0 N–H and O–H groups in total. The predicted molar refractivity (Wildman–Crippen MR) is 131 cm³/mol. The van der Waals surface area contributed by atoms with Crippen LogP contribution in [0.1, 0.15) is 28.8 Å². The van der Waals surface area contributed by atoms with Crippen LogP contribution < -0.4 is 4.90 Å². The Morgan fingerprint density at radius 1 is 1.18 bits per heavy atom. The maximum absolute atomic E-state index is 13.9. The number of aryl methyl sites for hydroxylation is 1. The molecule has 2 aliphatic rings. The van der Waals surface area contributed by atoms with Gasteiger partial charge in [0, 0.05) is 25.3 Å². The van der Waals surface area contributed by atoms with Gasteiger partial charge in [-0.1, -0.05) is 29.5 Å². The Morgan fingerprint density at radius 2 is 1.97 bits per heavy atom. The van der Waals surface area contributed by atoms with E-state index in [9.17, 15) is 13.2 Å². The van der Waals surface area contributed by atoms with E-state index >= 15 is 0 Å². The minimum Gasteiger partial charge on any atom is -0.379 e. The van der Waals surface area contributed by atoms with Gasteiger partial charge < -0.3 is 9.47 Å². The third kappa shape index (κ3) is 4.60. The Labute approximate surface area is 203 Å². The van der Waals surface area contributed by atoms with E-state index in [1.807, 2.05) is 31.2 Å². The first kappa shape index (κ1) is 23.4. The Balaban J connectivity index is 1.52. The Hall–Kier alpha value is -2.37. The number of amides is 1. The number of ether oxygens (including phenoxy) is 2. The molecule has 0 radical (unpaired) electrons. The molecule has 3 aromatic rings. The number of fused-ring (bicyclic) bond motifs is 1. The lowest BCUT2D eigenvalue weighted by Crippen LogP contribution is -2.41. The molecule has 0 aliphatic carbocycles. The lowest BCUT2D eigenvalue weighted by Gasteiger charge is -2.27. The summed E-state index contributed by atoms with van der Waals surface area (Å²) in [5, 5.41) is 0.586. The Bertz CT molecular complexity index is 1260. The van der Waals surface area contributed by atoms with Crippen molar-refractivity contribution in [1.82, 2.24) is 9.29 Å². The normalized spacial score (nSPS) is 19.5. The van der Waals surface area contributed by atoms with E-state index in [2.05, 4.69) is 0 Å². The van der Waals surface area contributed by atoms with Crippen molar-refractivity contribution in [2.24, 2.45) is 0 Å². The highest BCUT2D eigenvalue weighted by molar-refractivity contribution is 7.89. The number of sulfonamides is 1. The van der Waals surface area contributed by atoms with E-state index in [0.29, 0.717) is 55.7 Å². The minimum absolute atomic E-state index is 0.0727. The second kappa shape index (κ2) is 9.71. The van der Waals surface area contributed by atoms with Crippen LogP contribution in [0, 0.1) is 6.92 Å². The molecule has 10 heteroatoms. The van der Waals surface area contributed by atoms with Crippen LogP contribution in [0.2, 0.25) is 0 Å². The van der Waals surface area contributed by atoms with Crippen LogP contribution in [0.25, 0.3) is 10.2 Å². The largest absolute Gasteiger partial charge is 0.379 e. The van der Waals surface area contributed by atoms with Crippen molar-refractivity contribution in [3.63, 3.8) is 0 Å². The average Bonchev–Trinajstić information content (AvgIpc) is 3.52. The molecule has 0 bridgehead atoms. The second-order valence-electron chi connectivity index (χ2n) is 8.51. The summed E-state index contributed by atoms with van der Waals surface area (Å²) >= 11 is 1.45. The van der Waals surface area contributed by atoms with Crippen molar-refractivity contribution in [3.8, 4) is 0 Å². The highest BCUT2D eigenvalue weighted by atomic mass is 32.2. The molecule has 1 amide bonds. The maximum atomic E-state index is 13.9. The summed E-state index contributed by atoms with van der Waals surface area (Å²) in [6.07, 6.45) is 1.76. The summed E-state index contributed by atoms with van der Waals surface area (Å²) in [5.41, 5.74) is 1.89. The van der Waals surface area contributed by atoms with Gasteiger partial charge in [0.05, 0.1) is 41.0 Å². The molecule has 34 heavy (non-hydrogen) atoms. The van der Waals surface area contributed by atoms with Crippen molar-refractivity contribution in [2.75, 3.05) is 44.4 Å². The number of aromatic nitrogens is 1. The molecule has 2 saturated heterocycles. The number of carbonyl (C=O) groups excluding carboxylic acids is 1. The van der Waals surface area contributed by atoms with Crippen molar-refractivity contribution in [1.29, 1.82) is 0 Å². The van der Waals surface area contributed by atoms with Gasteiger partial charge in [0.1, 0.15) is 0 Å². The minimum atomic E-state index is -3.72. The third-order valence-corrected chi connectivity index (χ3v) is 9.17. The number of rotatable bonds is 6. The average molecular weight is 502 g/mol. The summed E-state index contributed by atoms with van der Waals surface area (Å²) in [4.78, 5) is 20.4. The fraction of sp³-hybridized carbons (Fsp3) is 0.417. The molecule has 3 heterocycles. The summed E-state index contributed by atoms with van der Waals surface area (Å²) in [5.74, 6) is -0.272. The number of carbonyl (C=O) groups is 1. The van der Waals surface area contributed by atoms with Crippen LogP contribution in [0.3, 0.4) is 0 Å². The van der Waals surface area contributed by atoms with Crippen LogP contribution in [0.5, 0.6) is 0 Å². The van der Waals surface area contributed by atoms with Crippen LogP contribution in [0.15, 0.2) is 47.4 Å². The second-order valence-corrected chi connectivity index (χ2v) is 11.5. The topological polar surface area (TPSA) is 89.0 Å². The number of thiazole rings is 1. The smallest absolute Gasteiger partial charge is 0.260 e. The summed E-state index contributed by atoms with van der Waals surface area (Å²) in [6.45, 7) is 4.21. The molecule has 1 atom stereocenters. The van der Waals surface area contributed by atoms with Gasteiger partial charge >= 0.3 is 0 Å². The van der Waals surface area contributed by atoms with E-state index in [1.54, 1.807) is 17.0 Å². The summed E-state index contributed by atoms with van der Waals surface area (Å²) in [7, 11) is -3.72. The van der Waals surface area contributed by atoms with Crippen LogP contribution >= 0.6 is 11.3 Å². The number of morpholine rings is 1. The molecule has 8 nitrogen and oxygen atoms in total. The molecule has 1 aromatic heterocycles. The van der Waals surface area contributed by atoms with Crippen molar-refractivity contribution >= 4 is 42.6 Å². The highest BCUT2D eigenvalue weighted by Crippen LogP contribution is 2.32. The van der Waals surface area contributed by atoms with Gasteiger partial charge in [-0.2, -0.15) is 4.31 Å². The quantitative estimate of drug-likeness (QED) is 0.514. The fourth-order valence-electron chi connectivity index (χ4n) is 4.29. The van der Waals surface area contributed by atoms with Crippen molar-refractivity contribution < 1.29 is 22.7 Å².